The molecule has 0 saturated heterocycles. The molecule has 1 aromatic rings. The highest BCUT2D eigenvalue weighted by atomic mass is 16.5. The first-order chi connectivity index (χ1) is 8.78. The summed E-state index contributed by atoms with van der Waals surface area (Å²) in [6.07, 6.45) is 1.43. The molecule has 0 saturated carbocycles. The van der Waals surface area contributed by atoms with E-state index in [1.54, 1.807) is 19.9 Å². The maximum absolute atomic E-state index is 11.6. The van der Waals surface area contributed by atoms with Gasteiger partial charge in [0.05, 0.1) is 30.2 Å². The number of carbonyl (C=O) groups excluding carboxylic acids is 1. The molecule has 0 aliphatic carbocycles. The van der Waals surface area contributed by atoms with Gasteiger partial charge in [-0.25, -0.2) is 9.78 Å². The number of nitrogen functional groups attached to an aromatic ring is 1. The Morgan fingerprint density at radius 2 is 2.21 bits per heavy atom. The fourth-order valence-corrected chi connectivity index (χ4v) is 1.74. The second kappa shape index (κ2) is 5.88. The SMILES string of the molecule is CCN(CC(C)(C)O)c1cc(C(=O)OC)c(N)cn1. The molecule has 106 valence electrons. The smallest absolute Gasteiger partial charge is 0.340 e. The van der Waals surface area contributed by atoms with Crippen LogP contribution in [-0.2, 0) is 4.74 Å². The van der Waals surface area contributed by atoms with Gasteiger partial charge in [0.25, 0.3) is 0 Å². The van der Waals surface area contributed by atoms with Gasteiger partial charge in [-0.1, -0.05) is 0 Å². The molecule has 0 radical (unpaired) electrons. The van der Waals surface area contributed by atoms with Gasteiger partial charge in [0.1, 0.15) is 5.82 Å². The predicted molar refractivity (Wildman–Crippen MR) is 74.2 cm³/mol. The number of likely N-dealkylation sites (N-methyl/N-ethyl adjacent to an activating group) is 1. The quantitative estimate of drug-likeness (QED) is 0.775. The molecule has 6 nitrogen and oxygen atoms in total. The standard InChI is InChI=1S/C13H21N3O3/c1-5-16(8-13(2,3)18)11-6-9(12(17)19-4)10(14)7-15-11/h6-7,18H,5,8,14H2,1-4H3. The van der Waals surface area contributed by atoms with Crippen molar-refractivity contribution in [2.45, 2.75) is 26.4 Å². The lowest BCUT2D eigenvalue weighted by atomic mass is 10.1. The molecule has 1 aromatic heterocycles. The van der Waals surface area contributed by atoms with Crippen molar-refractivity contribution in [2.24, 2.45) is 0 Å². The Hall–Kier alpha value is -1.82. The highest BCUT2D eigenvalue weighted by Gasteiger charge is 2.20. The highest BCUT2D eigenvalue weighted by Crippen LogP contribution is 2.20. The molecule has 0 fully saturated rings. The first-order valence-electron chi connectivity index (χ1n) is 6.09. The van der Waals surface area contributed by atoms with Gasteiger partial charge in [0.2, 0.25) is 0 Å². The molecule has 0 aromatic carbocycles. The van der Waals surface area contributed by atoms with Crippen LogP contribution in [0.5, 0.6) is 0 Å². The van der Waals surface area contributed by atoms with E-state index < -0.39 is 11.6 Å². The van der Waals surface area contributed by atoms with Crippen LogP contribution in [0.2, 0.25) is 0 Å². The first kappa shape index (κ1) is 15.2. The van der Waals surface area contributed by atoms with Gasteiger partial charge in [-0.05, 0) is 26.8 Å². The van der Waals surface area contributed by atoms with E-state index >= 15 is 0 Å². The van der Waals surface area contributed by atoms with Crippen LogP contribution in [0.15, 0.2) is 12.3 Å². The van der Waals surface area contributed by atoms with Gasteiger partial charge in [-0.3, -0.25) is 0 Å². The minimum absolute atomic E-state index is 0.273. The number of carbonyl (C=O) groups is 1. The molecule has 19 heavy (non-hydrogen) atoms. The van der Waals surface area contributed by atoms with Crippen LogP contribution in [0.1, 0.15) is 31.1 Å². The minimum Gasteiger partial charge on any atom is -0.465 e. The number of aliphatic hydroxyl groups is 1. The summed E-state index contributed by atoms with van der Waals surface area (Å²) in [6.45, 7) is 6.44. The molecule has 0 atom stereocenters. The molecular weight excluding hydrogens is 246 g/mol. The lowest BCUT2D eigenvalue weighted by Gasteiger charge is -2.29. The van der Waals surface area contributed by atoms with Crippen LogP contribution in [-0.4, -0.2) is 41.9 Å². The van der Waals surface area contributed by atoms with E-state index in [0.29, 0.717) is 18.9 Å². The monoisotopic (exact) mass is 267 g/mol. The maximum Gasteiger partial charge on any atom is 0.340 e. The Kier molecular flexibility index (Phi) is 4.72. The topological polar surface area (TPSA) is 88.7 Å². The molecule has 0 bridgehead atoms. The van der Waals surface area contributed by atoms with Gasteiger partial charge in [-0.2, -0.15) is 0 Å². The van der Waals surface area contributed by atoms with Gasteiger partial charge in [0, 0.05) is 13.1 Å². The summed E-state index contributed by atoms with van der Waals surface area (Å²) in [6, 6.07) is 1.58. The largest absolute Gasteiger partial charge is 0.465 e. The summed E-state index contributed by atoms with van der Waals surface area (Å²) in [5.74, 6) is 0.0830. The summed E-state index contributed by atoms with van der Waals surface area (Å²) < 4.78 is 4.67. The van der Waals surface area contributed by atoms with Crippen molar-refractivity contribution >= 4 is 17.5 Å². The fourth-order valence-electron chi connectivity index (χ4n) is 1.74. The molecule has 0 aliphatic rings. The van der Waals surface area contributed by atoms with E-state index in [2.05, 4.69) is 9.72 Å². The van der Waals surface area contributed by atoms with Crippen LogP contribution in [0, 0.1) is 0 Å². The van der Waals surface area contributed by atoms with E-state index in [9.17, 15) is 9.90 Å². The Balaban J connectivity index is 3.09. The number of nitrogens with zero attached hydrogens (tertiary/aromatic N) is 2. The maximum atomic E-state index is 11.6. The van der Waals surface area contributed by atoms with Gasteiger partial charge >= 0.3 is 5.97 Å². The zero-order valence-electron chi connectivity index (χ0n) is 11.8. The van der Waals surface area contributed by atoms with Gasteiger partial charge in [0.15, 0.2) is 0 Å². The Morgan fingerprint density at radius 3 is 2.68 bits per heavy atom. The van der Waals surface area contributed by atoms with Crippen molar-refractivity contribution in [2.75, 3.05) is 30.8 Å². The number of hydrogen-bond donors (Lipinski definition) is 2. The van der Waals surface area contributed by atoms with Crippen molar-refractivity contribution in [3.05, 3.63) is 17.8 Å². The number of aromatic nitrogens is 1. The predicted octanol–water partition coefficient (Wildman–Crippen LogP) is 1.05. The average Bonchev–Trinajstić information content (AvgIpc) is 2.34. The number of ether oxygens (including phenoxy) is 1. The van der Waals surface area contributed by atoms with Crippen LogP contribution >= 0.6 is 0 Å². The average molecular weight is 267 g/mol. The lowest BCUT2D eigenvalue weighted by molar-refractivity contribution is 0.0602. The van der Waals surface area contributed by atoms with Crippen molar-refractivity contribution < 1.29 is 14.6 Å². The number of anilines is 2. The second-order valence-electron chi connectivity index (χ2n) is 4.95. The summed E-state index contributed by atoms with van der Waals surface area (Å²) in [7, 11) is 1.30. The van der Waals surface area contributed by atoms with E-state index in [0.717, 1.165) is 0 Å². The molecule has 1 heterocycles. The number of methoxy groups -OCH3 is 1. The normalized spacial score (nSPS) is 11.2. The molecule has 0 spiro atoms. The second-order valence-corrected chi connectivity index (χ2v) is 4.95. The van der Waals surface area contributed by atoms with E-state index in [-0.39, 0.29) is 11.3 Å². The molecule has 3 N–H and O–H groups in total. The van der Waals surface area contributed by atoms with Crippen molar-refractivity contribution in [3.63, 3.8) is 0 Å². The van der Waals surface area contributed by atoms with Gasteiger partial charge in [-0.15, -0.1) is 0 Å². The van der Waals surface area contributed by atoms with E-state index in [1.807, 2.05) is 11.8 Å². The molecule has 0 amide bonds. The molecule has 6 heteroatoms. The third-order valence-corrected chi connectivity index (χ3v) is 2.61. The highest BCUT2D eigenvalue weighted by molar-refractivity contribution is 5.95. The van der Waals surface area contributed by atoms with Crippen LogP contribution < -0.4 is 10.6 Å². The number of pyridine rings is 1. The van der Waals surface area contributed by atoms with E-state index in [1.165, 1.54) is 13.3 Å². The first-order valence-corrected chi connectivity index (χ1v) is 6.09. The zero-order valence-corrected chi connectivity index (χ0v) is 11.8. The van der Waals surface area contributed by atoms with Crippen molar-refractivity contribution in [1.82, 2.24) is 4.98 Å². The Labute approximate surface area is 113 Å². The Bertz CT molecular complexity index is 455. The van der Waals surface area contributed by atoms with Crippen LogP contribution in [0.3, 0.4) is 0 Å². The van der Waals surface area contributed by atoms with Crippen molar-refractivity contribution in [3.8, 4) is 0 Å². The molecular formula is C13H21N3O3. The third-order valence-electron chi connectivity index (χ3n) is 2.61. The third kappa shape index (κ3) is 4.10. The summed E-state index contributed by atoms with van der Waals surface area (Å²) >= 11 is 0. The molecule has 1 rings (SSSR count). The number of rotatable bonds is 5. The zero-order chi connectivity index (χ0) is 14.6. The lowest BCUT2D eigenvalue weighted by Crippen LogP contribution is -2.39. The van der Waals surface area contributed by atoms with E-state index in [4.69, 9.17) is 5.73 Å². The number of hydrogen-bond acceptors (Lipinski definition) is 6. The van der Waals surface area contributed by atoms with Crippen molar-refractivity contribution in [1.29, 1.82) is 0 Å². The summed E-state index contributed by atoms with van der Waals surface area (Å²) in [5, 5.41) is 9.87. The van der Waals surface area contributed by atoms with Gasteiger partial charge < -0.3 is 20.5 Å². The molecule has 0 aliphatic heterocycles. The van der Waals surface area contributed by atoms with Crippen LogP contribution in [0.25, 0.3) is 0 Å². The Morgan fingerprint density at radius 1 is 1.58 bits per heavy atom. The molecule has 0 unspecified atom stereocenters. The van der Waals surface area contributed by atoms with Crippen LogP contribution in [0.4, 0.5) is 11.5 Å². The number of nitrogens with two attached hydrogens (primary N) is 1. The summed E-state index contributed by atoms with van der Waals surface area (Å²) in [4.78, 5) is 17.6. The minimum atomic E-state index is -0.857. The summed E-state index contributed by atoms with van der Waals surface area (Å²) in [5.41, 5.74) is 5.40. The fraction of sp³-hybridized carbons (Fsp3) is 0.538. The number of esters is 1.